The highest BCUT2D eigenvalue weighted by Gasteiger charge is 2.31. The zero-order chi connectivity index (χ0) is 23.7. The first-order valence-electron chi connectivity index (χ1n) is 8.52. The van der Waals surface area contributed by atoms with E-state index in [1.54, 1.807) is 4.72 Å². The summed E-state index contributed by atoms with van der Waals surface area (Å²) in [5, 5.41) is 6.91. The van der Waals surface area contributed by atoms with Gasteiger partial charge in [-0.1, -0.05) is 11.6 Å². The van der Waals surface area contributed by atoms with Crippen molar-refractivity contribution >= 4 is 27.5 Å². The van der Waals surface area contributed by atoms with E-state index in [1.165, 1.54) is 18.5 Å². The van der Waals surface area contributed by atoms with Gasteiger partial charge in [-0.25, -0.2) is 17.5 Å². The van der Waals surface area contributed by atoms with E-state index in [0.29, 0.717) is 12.3 Å². The summed E-state index contributed by atoms with van der Waals surface area (Å²) in [6.45, 7) is 0. The molecule has 1 N–H and O–H groups in total. The highest BCUT2D eigenvalue weighted by molar-refractivity contribution is 7.89. The molecule has 32 heavy (non-hydrogen) atoms. The Labute approximate surface area is 184 Å². The first kappa shape index (κ1) is 23.4. The van der Waals surface area contributed by atoms with Gasteiger partial charge in [0.25, 0.3) is 5.91 Å². The lowest BCUT2D eigenvalue weighted by Gasteiger charge is -2.16. The Morgan fingerprint density at radius 3 is 2.41 bits per heavy atom. The smallest absolute Gasteiger partial charge is 0.416 e. The van der Waals surface area contributed by atoms with E-state index in [2.05, 4.69) is 10.2 Å². The molecule has 168 valence electrons. The van der Waals surface area contributed by atoms with Crippen LogP contribution in [0.5, 0.6) is 11.5 Å². The van der Waals surface area contributed by atoms with Crippen molar-refractivity contribution in [2.24, 2.45) is 0 Å². The van der Waals surface area contributed by atoms with Crippen LogP contribution in [0.3, 0.4) is 0 Å². The summed E-state index contributed by atoms with van der Waals surface area (Å²) in [6.07, 6.45) is -1.45. The lowest BCUT2D eigenvalue weighted by molar-refractivity contribution is -0.137. The maximum absolute atomic E-state index is 14.4. The third kappa shape index (κ3) is 5.51. The van der Waals surface area contributed by atoms with Crippen LogP contribution < -0.4 is 9.46 Å². The molecular formula is C19H12ClF4N3O4S. The van der Waals surface area contributed by atoms with Crippen molar-refractivity contribution in [3.05, 3.63) is 70.8 Å². The molecule has 13 heteroatoms. The van der Waals surface area contributed by atoms with E-state index in [9.17, 15) is 30.8 Å². The summed E-state index contributed by atoms with van der Waals surface area (Å²) in [5.41, 5.74) is -1.41. The van der Waals surface area contributed by atoms with Crippen molar-refractivity contribution in [3.8, 4) is 22.6 Å². The predicted molar refractivity (Wildman–Crippen MR) is 106 cm³/mol. The molecule has 0 radical (unpaired) electrons. The van der Waals surface area contributed by atoms with Crippen molar-refractivity contribution in [2.45, 2.75) is 6.18 Å². The van der Waals surface area contributed by atoms with Crippen molar-refractivity contribution in [2.75, 3.05) is 6.26 Å². The van der Waals surface area contributed by atoms with Gasteiger partial charge in [-0.05, 0) is 30.3 Å². The van der Waals surface area contributed by atoms with Gasteiger partial charge in [0.15, 0.2) is 0 Å². The quantitative estimate of drug-likeness (QED) is 0.532. The molecule has 0 saturated heterocycles. The van der Waals surface area contributed by atoms with Crippen molar-refractivity contribution < 1.29 is 35.5 Å². The molecule has 1 amide bonds. The third-order valence-corrected chi connectivity index (χ3v) is 4.82. The minimum atomic E-state index is -4.63. The van der Waals surface area contributed by atoms with E-state index in [1.807, 2.05) is 0 Å². The normalized spacial score (nSPS) is 11.8. The molecule has 0 aliphatic rings. The van der Waals surface area contributed by atoms with Crippen molar-refractivity contribution in [1.29, 1.82) is 0 Å². The number of amides is 1. The van der Waals surface area contributed by atoms with Gasteiger partial charge in [-0.15, -0.1) is 0 Å². The number of carbonyl (C=O) groups excluding carboxylic acids is 1. The Kier molecular flexibility index (Phi) is 6.37. The van der Waals surface area contributed by atoms with E-state index in [-0.39, 0.29) is 27.6 Å². The van der Waals surface area contributed by atoms with Gasteiger partial charge in [-0.2, -0.15) is 23.4 Å². The number of alkyl halides is 3. The van der Waals surface area contributed by atoms with Gasteiger partial charge < -0.3 is 4.74 Å². The summed E-state index contributed by atoms with van der Waals surface area (Å²) in [6, 6.07) is 5.57. The van der Waals surface area contributed by atoms with Crippen molar-refractivity contribution in [3.63, 3.8) is 0 Å². The van der Waals surface area contributed by atoms with Gasteiger partial charge in [0.1, 0.15) is 17.3 Å². The number of ether oxygens (including phenoxy) is 1. The van der Waals surface area contributed by atoms with E-state index >= 15 is 0 Å². The molecule has 1 heterocycles. The van der Waals surface area contributed by atoms with E-state index in [4.69, 9.17) is 16.3 Å². The van der Waals surface area contributed by atoms with Gasteiger partial charge in [-0.3, -0.25) is 4.79 Å². The molecule has 0 unspecified atom stereocenters. The number of sulfonamides is 1. The van der Waals surface area contributed by atoms with Crippen LogP contribution in [-0.4, -0.2) is 30.8 Å². The fourth-order valence-electron chi connectivity index (χ4n) is 2.59. The number of halogens is 5. The van der Waals surface area contributed by atoms with Crippen molar-refractivity contribution in [1.82, 2.24) is 14.9 Å². The van der Waals surface area contributed by atoms with Crippen LogP contribution in [0.15, 0.2) is 48.8 Å². The zero-order valence-electron chi connectivity index (χ0n) is 15.9. The molecule has 0 fully saturated rings. The fourth-order valence-corrected chi connectivity index (χ4v) is 3.24. The van der Waals surface area contributed by atoms with E-state index < -0.39 is 39.1 Å². The van der Waals surface area contributed by atoms with Crippen LogP contribution in [0.2, 0.25) is 5.02 Å². The highest BCUT2D eigenvalue weighted by atomic mass is 35.5. The number of rotatable bonds is 5. The van der Waals surface area contributed by atoms with Crippen LogP contribution in [-0.2, 0) is 16.2 Å². The third-order valence-electron chi connectivity index (χ3n) is 3.97. The Balaban J connectivity index is 2.03. The summed E-state index contributed by atoms with van der Waals surface area (Å²) in [4.78, 5) is 11.9. The summed E-state index contributed by atoms with van der Waals surface area (Å²) in [5.74, 6) is -2.84. The molecule has 2 aromatic carbocycles. The number of benzene rings is 2. The van der Waals surface area contributed by atoms with Crippen LogP contribution in [0.4, 0.5) is 17.6 Å². The molecule has 3 aromatic rings. The number of nitrogens with one attached hydrogen (secondary N) is 1. The number of nitrogens with zero attached hydrogens (tertiary/aromatic N) is 2. The van der Waals surface area contributed by atoms with Crippen LogP contribution in [0.25, 0.3) is 11.1 Å². The Bertz CT molecular complexity index is 1290. The van der Waals surface area contributed by atoms with E-state index in [0.717, 1.165) is 24.3 Å². The molecule has 0 atom stereocenters. The van der Waals surface area contributed by atoms with Crippen LogP contribution in [0, 0.1) is 5.82 Å². The summed E-state index contributed by atoms with van der Waals surface area (Å²) < 4.78 is 83.5. The number of hydrogen-bond acceptors (Lipinski definition) is 6. The van der Waals surface area contributed by atoms with Crippen LogP contribution in [0.1, 0.15) is 15.9 Å². The lowest BCUT2D eigenvalue weighted by atomic mass is 10.0. The molecule has 3 rings (SSSR count). The Hall–Kier alpha value is -3.25. The number of aromatic nitrogens is 2. The highest BCUT2D eigenvalue weighted by Crippen LogP contribution is 2.40. The topological polar surface area (TPSA) is 98.2 Å². The molecule has 0 aliphatic carbocycles. The van der Waals surface area contributed by atoms with Gasteiger partial charge in [0.2, 0.25) is 10.0 Å². The van der Waals surface area contributed by atoms with Crippen LogP contribution >= 0.6 is 11.6 Å². The molecule has 0 bridgehead atoms. The second-order valence-corrected chi connectivity index (χ2v) is 8.56. The number of carbonyl (C=O) groups is 1. The van der Waals surface area contributed by atoms with Gasteiger partial charge in [0.05, 0.1) is 34.8 Å². The maximum atomic E-state index is 14.4. The molecule has 0 aliphatic heterocycles. The summed E-state index contributed by atoms with van der Waals surface area (Å²) >= 11 is 6.05. The molecule has 0 spiro atoms. The molecule has 0 saturated carbocycles. The summed E-state index contributed by atoms with van der Waals surface area (Å²) in [7, 11) is -3.96. The minimum Gasteiger partial charge on any atom is -0.455 e. The first-order chi connectivity index (χ1) is 14.8. The molecule has 7 nitrogen and oxygen atoms in total. The second-order valence-electron chi connectivity index (χ2n) is 6.41. The average Bonchev–Trinajstić information content (AvgIpc) is 2.69. The predicted octanol–water partition coefficient (Wildman–Crippen LogP) is 4.44. The van der Waals surface area contributed by atoms with Gasteiger partial charge >= 0.3 is 6.18 Å². The fraction of sp³-hybridized carbons (Fsp3) is 0.105. The standard InChI is InChI=1S/C19H12ClF4N3O4S/c1-32(29,30)27-18(28)13-7-14(20)17(8-15(13)21)31-16-3-2-11(19(22,23)24)6-12(16)10-4-5-25-26-9-10/h2-9H,1H3,(H,27,28). The lowest BCUT2D eigenvalue weighted by Crippen LogP contribution is -2.30. The Morgan fingerprint density at radius 1 is 1.09 bits per heavy atom. The van der Waals surface area contributed by atoms with Gasteiger partial charge in [0, 0.05) is 17.2 Å². The minimum absolute atomic E-state index is 0.0231. The Morgan fingerprint density at radius 2 is 1.81 bits per heavy atom. The second kappa shape index (κ2) is 8.71. The first-order valence-corrected chi connectivity index (χ1v) is 10.8. The largest absolute Gasteiger partial charge is 0.455 e. The monoisotopic (exact) mass is 489 g/mol. The molecular weight excluding hydrogens is 478 g/mol. The number of hydrogen-bond donors (Lipinski definition) is 1. The molecule has 1 aromatic heterocycles. The average molecular weight is 490 g/mol. The zero-order valence-corrected chi connectivity index (χ0v) is 17.5. The maximum Gasteiger partial charge on any atom is 0.416 e. The SMILES string of the molecule is CS(=O)(=O)NC(=O)c1cc(Cl)c(Oc2ccc(C(F)(F)F)cc2-c2ccnnc2)cc1F.